The molecule has 1 fully saturated rings. The van der Waals surface area contributed by atoms with Crippen LogP contribution in [0.25, 0.3) is 11.3 Å². The Morgan fingerprint density at radius 2 is 1.85 bits per heavy atom. The summed E-state index contributed by atoms with van der Waals surface area (Å²) in [5, 5.41) is 4.81. The van der Waals surface area contributed by atoms with Crippen molar-refractivity contribution in [3.05, 3.63) is 58.5 Å². The summed E-state index contributed by atoms with van der Waals surface area (Å²) in [5.74, 6) is -0.352. The Hall–Kier alpha value is -2.57. The molecule has 182 valence electrons. The van der Waals surface area contributed by atoms with Gasteiger partial charge < -0.3 is 16.0 Å². The summed E-state index contributed by atoms with van der Waals surface area (Å²) in [7, 11) is -1.58. The first-order chi connectivity index (χ1) is 15.8. The second kappa shape index (κ2) is 11.2. The third-order valence-corrected chi connectivity index (χ3v) is 8.35. The summed E-state index contributed by atoms with van der Waals surface area (Å²) in [5.41, 5.74) is 7.02. The lowest BCUT2D eigenvalue weighted by molar-refractivity contribution is 0.0950. The Morgan fingerprint density at radius 1 is 1.15 bits per heavy atom. The largest absolute Gasteiger partial charge is 0.382 e. The van der Waals surface area contributed by atoms with E-state index in [2.05, 4.69) is 20.2 Å². The number of nitrogens with two attached hydrogens (primary N) is 1. The number of amides is 1. The summed E-state index contributed by atoms with van der Waals surface area (Å²) in [6.07, 6.45) is 2.20. The molecular formula is C22H27ClN6O3S2. The van der Waals surface area contributed by atoms with E-state index in [1.165, 1.54) is 15.4 Å². The van der Waals surface area contributed by atoms with E-state index >= 15 is 0 Å². The van der Waals surface area contributed by atoms with Gasteiger partial charge in [-0.25, -0.2) is 18.4 Å². The molecule has 4 rings (SSSR count). The highest BCUT2D eigenvalue weighted by molar-refractivity contribution is 7.89. The van der Waals surface area contributed by atoms with Gasteiger partial charge in [0.15, 0.2) is 11.5 Å². The minimum absolute atomic E-state index is 0. The summed E-state index contributed by atoms with van der Waals surface area (Å²) in [6, 6.07) is 10.4. The van der Waals surface area contributed by atoms with Crippen LogP contribution >= 0.6 is 23.7 Å². The number of rotatable bonds is 7. The predicted molar refractivity (Wildman–Crippen MR) is 136 cm³/mol. The maximum absolute atomic E-state index is 12.9. The van der Waals surface area contributed by atoms with Crippen LogP contribution in [-0.2, 0) is 16.4 Å². The first-order valence-electron chi connectivity index (χ1n) is 10.6. The third-order valence-electron chi connectivity index (χ3n) is 5.50. The fraction of sp³-hybridized carbons (Fsp3) is 0.318. The molecule has 1 aromatic carbocycles. The van der Waals surface area contributed by atoms with Gasteiger partial charge in [-0.05, 0) is 37.0 Å². The van der Waals surface area contributed by atoms with Crippen LogP contribution in [0, 0.1) is 0 Å². The smallest absolute Gasteiger partial charge is 0.273 e. The standard InChI is InChI=1S/C22H26N6O3S2.ClH/c1-27-10-12-28(13-11-27)33(30,31)18-6-4-16(5-7-18)19-15-25-21(23)20(26-19)22(29)24-9-8-17-3-2-14-32-17;/h2-7,14-15H,8-13H2,1H3,(H2,23,25)(H,24,29);1H. The first-order valence-corrected chi connectivity index (χ1v) is 12.9. The van der Waals surface area contributed by atoms with Gasteiger partial charge in [-0.3, -0.25) is 4.79 Å². The van der Waals surface area contributed by atoms with Crippen molar-refractivity contribution in [3.63, 3.8) is 0 Å². The molecule has 2 aromatic heterocycles. The summed E-state index contributed by atoms with van der Waals surface area (Å²) >= 11 is 1.63. The molecule has 3 heterocycles. The summed E-state index contributed by atoms with van der Waals surface area (Å²) in [4.78, 5) is 24.6. The number of halogens is 1. The van der Waals surface area contributed by atoms with E-state index in [1.807, 2.05) is 24.6 Å². The molecule has 3 aromatic rings. The van der Waals surface area contributed by atoms with E-state index in [0.717, 1.165) is 6.42 Å². The Kier molecular flexibility index (Phi) is 8.61. The number of piperazine rings is 1. The fourth-order valence-electron chi connectivity index (χ4n) is 3.52. The number of anilines is 1. The molecule has 0 atom stereocenters. The third kappa shape index (κ3) is 5.91. The molecule has 1 amide bonds. The van der Waals surface area contributed by atoms with Gasteiger partial charge in [-0.2, -0.15) is 4.31 Å². The molecule has 0 aliphatic carbocycles. The highest BCUT2D eigenvalue weighted by atomic mass is 35.5. The highest BCUT2D eigenvalue weighted by Crippen LogP contribution is 2.23. The number of hydrogen-bond donors (Lipinski definition) is 2. The van der Waals surface area contributed by atoms with Crippen molar-refractivity contribution in [2.24, 2.45) is 0 Å². The van der Waals surface area contributed by atoms with Crippen LogP contribution in [0.4, 0.5) is 5.82 Å². The molecule has 3 N–H and O–H groups in total. The van der Waals surface area contributed by atoms with Gasteiger partial charge in [0.2, 0.25) is 10.0 Å². The molecule has 12 heteroatoms. The lowest BCUT2D eigenvalue weighted by Gasteiger charge is -2.31. The Bertz CT molecular complexity index is 1210. The van der Waals surface area contributed by atoms with E-state index < -0.39 is 15.9 Å². The number of hydrogen-bond acceptors (Lipinski definition) is 8. The summed E-state index contributed by atoms with van der Waals surface area (Å²) in [6.45, 7) is 2.81. The zero-order chi connectivity index (χ0) is 23.4. The van der Waals surface area contributed by atoms with E-state index in [-0.39, 0.29) is 28.8 Å². The molecule has 1 aliphatic rings. The highest BCUT2D eigenvalue weighted by Gasteiger charge is 2.27. The van der Waals surface area contributed by atoms with E-state index in [1.54, 1.807) is 35.6 Å². The number of carbonyl (C=O) groups excluding carboxylic acids is 1. The number of thiophene rings is 1. The number of sulfonamides is 1. The Morgan fingerprint density at radius 3 is 2.50 bits per heavy atom. The molecule has 0 unspecified atom stereocenters. The van der Waals surface area contributed by atoms with Crippen LogP contribution in [0.15, 0.2) is 52.9 Å². The number of nitrogen functional groups attached to an aromatic ring is 1. The van der Waals surface area contributed by atoms with Crippen LogP contribution in [0.5, 0.6) is 0 Å². The lowest BCUT2D eigenvalue weighted by Crippen LogP contribution is -2.46. The Balaban J connectivity index is 0.00000324. The number of likely N-dealkylation sites (N-methyl/N-ethyl adjacent to an activating group) is 1. The van der Waals surface area contributed by atoms with Crippen LogP contribution in [0.1, 0.15) is 15.4 Å². The van der Waals surface area contributed by atoms with Crippen molar-refractivity contribution in [2.75, 3.05) is 45.5 Å². The topological polar surface area (TPSA) is 122 Å². The molecule has 34 heavy (non-hydrogen) atoms. The average molecular weight is 523 g/mol. The number of nitrogens with one attached hydrogen (secondary N) is 1. The van der Waals surface area contributed by atoms with Gasteiger partial charge in [0, 0.05) is 43.2 Å². The molecule has 9 nitrogen and oxygen atoms in total. The van der Waals surface area contributed by atoms with Crippen LogP contribution in [0.3, 0.4) is 0 Å². The minimum Gasteiger partial charge on any atom is -0.382 e. The molecule has 0 bridgehead atoms. The van der Waals surface area contributed by atoms with Gasteiger partial charge >= 0.3 is 0 Å². The molecule has 0 radical (unpaired) electrons. The fourth-order valence-corrected chi connectivity index (χ4v) is 5.65. The zero-order valence-electron chi connectivity index (χ0n) is 18.7. The molecular weight excluding hydrogens is 496 g/mol. The quantitative estimate of drug-likeness (QED) is 0.487. The predicted octanol–water partition coefficient (Wildman–Crippen LogP) is 2.12. The van der Waals surface area contributed by atoms with E-state index in [0.29, 0.717) is 44.0 Å². The SMILES string of the molecule is CN1CCN(S(=O)(=O)c2ccc(-c3cnc(N)c(C(=O)NCCc4cccs4)n3)cc2)CC1.Cl. The number of carbonyl (C=O) groups is 1. The van der Waals surface area contributed by atoms with Gasteiger partial charge in [0.1, 0.15) is 0 Å². The first kappa shape index (κ1) is 26.0. The summed E-state index contributed by atoms with van der Waals surface area (Å²) < 4.78 is 27.4. The van der Waals surface area contributed by atoms with Crippen molar-refractivity contribution in [2.45, 2.75) is 11.3 Å². The number of benzene rings is 1. The van der Waals surface area contributed by atoms with Gasteiger partial charge in [0.05, 0.1) is 16.8 Å². The molecule has 1 aliphatic heterocycles. The van der Waals surface area contributed by atoms with Gasteiger partial charge in [-0.15, -0.1) is 23.7 Å². The minimum atomic E-state index is -3.55. The maximum atomic E-state index is 12.9. The average Bonchev–Trinajstić information content (AvgIpc) is 3.33. The molecule has 0 spiro atoms. The Labute approximate surface area is 209 Å². The van der Waals surface area contributed by atoms with Crippen LogP contribution in [-0.4, -0.2) is 73.3 Å². The lowest BCUT2D eigenvalue weighted by atomic mass is 10.1. The van der Waals surface area contributed by atoms with Crippen LogP contribution < -0.4 is 11.1 Å². The monoisotopic (exact) mass is 522 g/mol. The second-order valence-corrected chi connectivity index (χ2v) is 10.8. The van der Waals surface area contributed by atoms with Crippen LogP contribution in [0.2, 0.25) is 0 Å². The molecule has 0 saturated carbocycles. The van der Waals surface area contributed by atoms with Gasteiger partial charge in [0.25, 0.3) is 5.91 Å². The maximum Gasteiger partial charge on any atom is 0.273 e. The van der Waals surface area contributed by atoms with Crippen molar-refractivity contribution in [1.29, 1.82) is 0 Å². The normalized spacial score (nSPS) is 15.0. The second-order valence-electron chi connectivity index (χ2n) is 7.81. The van der Waals surface area contributed by atoms with Crippen molar-refractivity contribution < 1.29 is 13.2 Å². The van der Waals surface area contributed by atoms with Crippen molar-refractivity contribution in [3.8, 4) is 11.3 Å². The number of aromatic nitrogens is 2. The van der Waals surface area contributed by atoms with Crippen molar-refractivity contribution >= 4 is 45.5 Å². The van der Waals surface area contributed by atoms with E-state index in [9.17, 15) is 13.2 Å². The van der Waals surface area contributed by atoms with E-state index in [4.69, 9.17) is 5.73 Å². The molecule has 1 saturated heterocycles. The van der Waals surface area contributed by atoms with Crippen molar-refractivity contribution in [1.82, 2.24) is 24.5 Å². The number of nitrogens with zero attached hydrogens (tertiary/aromatic N) is 4. The zero-order valence-corrected chi connectivity index (χ0v) is 21.1. The van der Waals surface area contributed by atoms with Gasteiger partial charge in [-0.1, -0.05) is 18.2 Å².